The Balaban J connectivity index is 1.06. The molecule has 5 fully saturated rings. The number of hydrogen-bond donors (Lipinski definition) is 3. The second-order valence-electron chi connectivity index (χ2n) is 19.3. The van der Waals surface area contributed by atoms with Gasteiger partial charge in [-0.15, -0.1) is 0 Å². The Hall–Kier alpha value is -5.98. The van der Waals surface area contributed by atoms with Gasteiger partial charge in [0.05, 0.1) is 19.2 Å². The van der Waals surface area contributed by atoms with Gasteiger partial charge in [-0.2, -0.15) is 5.06 Å². The van der Waals surface area contributed by atoms with Crippen LogP contribution in [-0.2, 0) is 74.4 Å². The molecule has 2 bridgehead atoms. The van der Waals surface area contributed by atoms with Crippen molar-refractivity contribution in [1.82, 2.24) is 15.7 Å². The van der Waals surface area contributed by atoms with Gasteiger partial charge >= 0.3 is 23.9 Å². The van der Waals surface area contributed by atoms with E-state index in [0.29, 0.717) is 22.3 Å². The molecule has 3 aromatic rings. The number of rotatable bonds is 16. The zero-order valence-electron chi connectivity index (χ0n) is 38.1. The van der Waals surface area contributed by atoms with Crippen molar-refractivity contribution in [2.45, 2.75) is 121 Å². The van der Waals surface area contributed by atoms with Crippen LogP contribution in [0.15, 0.2) is 91.0 Å². The number of hydroxylamine groups is 2. The predicted octanol–water partition coefficient (Wildman–Crippen LogP) is 3.79. The summed E-state index contributed by atoms with van der Waals surface area (Å²) in [5.74, 6) is -5.07. The highest BCUT2D eigenvalue weighted by Crippen LogP contribution is 2.59. The molecule has 2 amide bonds. The molecule has 3 aromatic carbocycles. The van der Waals surface area contributed by atoms with Gasteiger partial charge in [-0.05, 0) is 44.4 Å². The number of benzene rings is 3. The summed E-state index contributed by atoms with van der Waals surface area (Å²) in [6.07, 6.45) is -2.26. The first-order valence-corrected chi connectivity index (χ1v) is 22.6. The van der Waals surface area contributed by atoms with Crippen LogP contribution in [0.4, 0.5) is 0 Å². The van der Waals surface area contributed by atoms with Crippen molar-refractivity contribution in [3.63, 3.8) is 0 Å². The van der Waals surface area contributed by atoms with E-state index in [9.17, 15) is 33.9 Å². The average Bonchev–Trinajstić information content (AvgIpc) is 3.95. The number of carbonyl (C=O) groups excluding carboxylic acids is 6. The number of amides is 2. The van der Waals surface area contributed by atoms with Gasteiger partial charge in [0.2, 0.25) is 23.7 Å². The maximum absolute atomic E-state index is 15.0. The minimum Gasteiger partial charge on any atom is -0.462 e. The highest BCUT2D eigenvalue weighted by molar-refractivity contribution is 5.94. The molecular weight excluding hydrogens is 867 g/mol. The summed E-state index contributed by atoms with van der Waals surface area (Å²) in [5.41, 5.74) is -0.467. The van der Waals surface area contributed by atoms with Crippen LogP contribution in [0.2, 0.25) is 0 Å². The molecule has 17 nitrogen and oxygen atoms in total. The SMILES string of the molecule is CC(C)(C)OC(=O)CC[C@@H](CO)NC(=O)CCNC(=O)[C@@]12C[C@H]3OC(=O)[C@@H]1N(Cc1ccccc1C=CC(=O)O[C@H]1C(=O)OCC1(C)C)O[C@@H]2[C@H]1OC(c2ccccc2)(c2ccccc2)O[C@H]13. The van der Waals surface area contributed by atoms with Gasteiger partial charge in [-0.25, -0.2) is 9.59 Å². The van der Waals surface area contributed by atoms with Gasteiger partial charge in [0.1, 0.15) is 42.0 Å². The van der Waals surface area contributed by atoms with Crippen molar-refractivity contribution in [1.29, 1.82) is 0 Å². The number of nitrogens with zero attached hydrogens (tertiary/aromatic N) is 1. The molecule has 3 N–H and O–H groups in total. The highest BCUT2D eigenvalue weighted by Gasteiger charge is 2.76. The lowest BCUT2D eigenvalue weighted by molar-refractivity contribution is -0.213. The van der Waals surface area contributed by atoms with Crippen LogP contribution in [0.3, 0.4) is 0 Å². The largest absolute Gasteiger partial charge is 0.462 e. The summed E-state index contributed by atoms with van der Waals surface area (Å²) in [7, 11) is 0. The topological polar surface area (TPSA) is 215 Å². The van der Waals surface area contributed by atoms with Crippen molar-refractivity contribution >= 4 is 41.8 Å². The van der Waals surface area contributed by atoms with Gasteiger partial charge in [-0.1, -0.05) is 98.8 Å². The lowest BCUT2D eigenvalue weighted by atomic mass is 9.62. The average molecular weight is 924 g/mol. The second-order valence-corrected chi connectivity index (χ2v) is 19.3. The Kier molecular flexibility index (Phi) is 13.4. The molecule has 0 aromatic heterocycles. The van der Waals surface area contributed by atoms with Crippen molar-refractivity contribution in [3.8, 4) is 0 Å². The number of cyclic esters (lactones) is 1. The third-order valence-electron chi connectivity index (χ3n) is 12.8. The number of ether oxygens (including phenoxy) is 6. The van der Waals surface area contributed by atoms with E-state index in [2.05, 4.69) is 10.6 Å². The van der Waals surface area contributed by atoms with Gasteiger partial charge in [0, 0.05) is 48.4 Å². The lowest BCUT2D eigenvalue weighted by Gasteiger charge is -2.48. The lowest BCUT2D eigenvalue weighted by Crippen LogP contribution is -2.69. The van der Waals surface area contributed by atoms with E-state index in [1.54, 1.807) is 58.9 Å². The molecule has 4 aliphatic heterocycles. The maximum atomic E-state index is 15.0. The zero-order chi connectivity index (χ0) is 47.7. The van der Waals surface area contributed by atoms with E-state index in [4.69, 9.17) is 33.3 Å². The maximum Gasteiger partial charge on any atom is 0.348 e. The number of esters is 4. The molecular formula is C50H57N3O14. The third kappa shape index (κ3) is 9.61. The predicted molar refractivity (Wildman–Crippen MR) is 236 cm³/mol. The van der Waals surface area contributed by atoms with Crippen LogP contribution >= 0.6 is 0 Å². The van der Waals surface area contributed by atoms with Crippen LogP contribution < -0.4 is 10.6 Å². The van der Waals surface area contributed by atoms with E-state index < -0.39 is 107 Å². The summed E-state index contributed by atoms with van der Waals surface area (Å²) in [5, 5.41) is 17.0. The van der Waals surface area contributed by atoms with Crippen LogP contribution in [0.25, 0.3) is 6.08 Å². The summed E-state index contributed by atoms with van der Waals surface area (Å²) in [6, 6.07) is 23.8. The van der Waals surface area contributed by atoms with Crippen LogP contribution in [0.5, 0.6) is 0 Å². The molecule has 1 aliphatic carbocycles. The van der Waals surface area contributed by atoms with E-state index in [1.807, 2.05) is 60.7 Å². The molecule has 1 saturated carbocycles. The number of hydrogen-bond acceptors (Lipinski definition) is 15. The van der Waals surface area contributed by atoms with E-state index in [1.165, 1.54) is 17.2 Å². The molecule has 4 heterocycles. The molecule has 17 heteroatoms. The van der Waals surface area contributed by atoms with Gasteiger partial charge in [-0.3, -0.25) is 24.0 Å². The smallest absolute Gasteiger partial charge is 0.348 e. The first-order chi connectivity index (χ1) is 31.9. The normalized spacial score (nSPS) is 27.4. The van der Waals surface area contributed by atoms with Gasteiger partial charge in [0.25, 0.3) is 0 Å². The third-order valence-corrected chi connectivity index (χ3v) is 12.8. The standard InChI is InChI=1S/C50H57N3O14/c1-47(2,3)64-38(57)23-21-34(28-54)52-36(55)24-25-51-46(60)49-26-35-39-40(66-50(65-39,32-16-8-6-9-17-32)33-18-10-7-11-19-33)42(49)67-53(41(49)44(58)62-35)27-31-15-13-12-14-30(31)20-22-37(56)63-43-45(59)61-29-48(43,4)5/h6-20,22,34-35,39-43,54H,21,23-29H2,1-5H3,(H,51,60)(H,52,55)/t34-,35+,39-,40-,41-,42+,43-,49-/m0/s1. The van der Waals surface area contributed by atoms with Crippen molar-refractivity contribution in [2.24, 2.45) is 10.8 Å². The molecule has 8 rings (SSSR count). The van der Waals surface area contributed by atoms with Crippen LogP contribution in [0, 0.1) is 10.8 Å². The van der Waals surface area contributed by atoms with E-state index >= 15 is 0 Å². The molecule has 67 heavy (non-hydrogen) atoms. The summed E-state index contributed by atoms with van der Waals surface area (Å²) in [4.78, 5) is 87.1. The number of nitrogens with one attached hydrogen (secondary N) is 2. The number of aliphatic hydroxyl groups is 1. The fourth-order valence-corrected chi connectivity index (χ4v) is 9.59. The van der Waals surface area contributed by atoms with Gasteiger partial charge in [0.15, 0.2) is 6.04 Å². The molecule has 0 spiro atoms. The Bertz CT molecular complexity index is 2350. The molecule has 0 radical (unpaired) electrons. The quantitative estimate of drug-likeness (QED) is 0.106. The Labute approximate surface area is 388 Å². The Morgan fingerprint density at radius 2 is 1.55 bits per heavy atom. The Morgan fingerprint density at radius 1 is 0.896 bits per heavy atom. The van der Waals surface area contributed by atoms with E-state index in [0.717, 1.165) is 0 Å². The number of aliphatic hydroxyl groups excluding tert-OH is 1. The molecule has 5 aliphatic rings. The molecule has 8 atom stereocenters. The first-order valence-electron chi connectivity index (χ1n) is 22.6. The summed E-state index contributed by atoms with van der Waals surface area (Å²) >= 11 is 0. The molecule has 4 saturated heterocycles. The zero-order valence-corrected chi connectivity index (χ0v) is 38.1. The van der Waals surface area contributed by atoms with Crippen molar-refractivity contribution in [2.75, 3.05) is 19.8 Å². The Morgan fingerprint density at radius 3 is 2.19 bits per heavy atom. The monoisotopic (exact) mass is 923 g/mol. The second kappa shape index (κ2) is 19.0. The van der Waals surface area contributed by atoms with E-state index in [-0.39, 0.29) is 45.4 Å². The number of carbonyl (C=O) groups is 6. The minimum atomic E-state index is -1.61. The van der Waals surface area contributed by atoms with Crippen molar-refractivity contribution < 1.29 is 67.1 Å². The molecule has 356 valence electrons. The van der Waals surface area contributed by atoms with Crippen molar-refractivity contribution in [3.05, 3.63) is 113 Å². The van der Waals surface area contributed by atoms with Gasteiger partial charge < -0.3 is 44.2 Å². The minimum absolute atomic E-state index is 0.00260. The fourth-order valence-electron chi connectivity index (χ4n) is 9.59. The van der Waals surface area contributed by atoms with Crippen LogP contribution in [-0.4, -0.2) is 114 Å². The fraction of sp³-hybridized carbons (Fsp3) is 0.480. The first kappa shape index (κ1) is 47.5. The molecule has 0 unspecified atom stereocenters. The summed E-state index contributed by atoms with van der Waals surface area (Å²) < 4.78 is 36.2. The number of fused-ring (bicyclic) bond motifs is 4. The van der Waals surface area contributed by atoms with Crippen LogP contribution in [0.1, 0.15) is 82.6 Å². The highest BCUT2D eigenvalue weighted by atomic mass is 16.8. The summed E-state index contributed by atoms with van der Waals surface area (Å²) in [6.45, 7) is 8.29.